The molecule has 18 heavy (non-hydrogen) atoms. The van der Waals surface area contributed by atoms with E-state index in [1.165, 1.54) is 18.9 Å². The number of hydrogen-bond donors (Lipinski definition) is 1. The Labute approximate surface area is 107 Å². The van der Waals surface area contributed by atoms with Gasteiger partial charge in [-0.1, -0.05) is 18.9 Å². The Bertz CT molecular complexity index is 436. The van der Waals surface area contributed by atoms with Crippen molar-refractivity contribution >= 4 is 11.4 Å². The van der Waals surface area contributed by atoms with Gasteiger partial charge in [0.2, 0.25) is 0 Å². The molecular formula is C14H19FN2O. The largest absolute Gasteiger partial charge is 0.395 e. The second-order valence-corrected chi connectivity index (χ2v) is 5.13. The van der Waals surface area contributed by atoms with Crippen LogP contribution in [0.5, 0.6) is 0 Å². The molecule has 1 aromatic carbocycles. The molecule has 1 saturated heterocycles. The number of nitrogens with two attached hydrogens (primary N) is 1. The summed E-state index contributed by atoms with van der Waals surface area (Å²) in [5.41, 5.74) is 6.97. The summed E-state index contributed by atoms with van der Waals surface area (Å²) in [5, 5.41) is 0. The highest BCUT2D eigenvalue weighted by molar-refractivity contribution is 5.68. The van der Waals surface area contributed by atoms with Crippen LogP contribution in [0.3, 0.4) is 0 Å². The first-order valence-electron chi connectivity index (χ1n) is 6.69. The van der Waals surface area contributed by atoms with Crippen LogP contribution in [0, 0.1) is 5.82 Å². The highest BCUT2D eigenvalue weighted by atomic mass is 19.1. The average molecular weight is 250 g/mol. The van der Waals surface area contributed by atoms with E-state index in [1.54, 1.807) is 6.07 Å². The fourth-order valence-electron chi connectivity index (χ4n) is 3.17. The Morgan fingerprint density at radius 2 is 2.11 bits per heavy atom. The standard InChI is InChI=1S/C14H19FN2O/c15-10-4-3-6-12(14(10)16)17-8-9-18-13-7-2-1-5-11(13)17/h3-4,6,11,13H,1-2,5,7-9,16H2. The van der Waals surface area contributed by atoms with Gasteiger partial charge in [-0.2, -0.15) is 0 Å². The normalized spacial score (nSPS) is 27.9. The summed E-state index contributed by atoms with van der Waals surface area (Å²) in [6.07, 6.45) is 4.95. The maximum Gasteiger partial charge on any atom is 0.148 e. The van der Waals surface area contributed by atoms with Crippen molar-refractivity contribution in [3.05, 3.63) is 24.0 Å². The van der Waals surface area contributed by atoms with Crippen molar-refractivity contribution in [2.24, 2.45) is 0 Å². The van der Waals surface area contributed by atoms with E-state index >= 15 is 0 Å². The maximum absolute atomic E-state index is 13.6. The predicted octanol–water partition coefficient (Wildman–Crippen LogP) is 2.56. The smallest absolute Gasteiger partial charge is 0.148 e. The third-order valence-corrected chi connectivity index (χ3v) is 4.07. The van der Waals surface area contributed by atoms with Gasteiger partial charge in [0, 0.05) is 6.54 Å². The minimum atomic E-state index is -0.327. The molecular weight excluding hydrogens is 231 g/mol. The SMILES string of the molecule is Nc1c(F)cccc1N1CCOC2CCCCC21. The number of halogens is 1. The van der Waals surface area contributed by atoms with Crippen molar-refractivity contribution in [1.82, 2.24) is 0 Å². The molecule has 1 heterocycles. The first-order valence-corrected chi connectivity index (χ1v) is 6.69. The second kappa shape index (κ2) is 4.76. The number of benzene rings is 1. The third-order valence-electron chi connectivity index (χ3n) is 4.07. The highest BCUT2D eigenvalue weighted by Crippen LogP contribution is 2.35. The lowest BCUT2D eigenvalue weighted by atomic mass is 9.89. The molecule has 0 aromatic heterocycles. The molecule has 1 aromatic rings. The number of para-hydroxylation sites is 1. The molecule has 1 aliphatic heterocycles. The zero-order chi connectivity index (χ0) is 12.5. The second-order valence-electron chi connectivity index (χ2n) is 5.13. The first-order chi connectivity index (χ1) is 8.77. The summed E-state index contributed by atoms with van der Waals surface area (Å²) >= 11 is 0. The molecule has 2 atom stereocenters. The Morgan fingerprint density at radius 1 is 1.28 bits per heavy atom. The Hall–Kier alpha value is -1.29. The lowest BCUT2D eigenvalue weighted by Crippen LogP contribution is -2.53. The summed E-state index contributed by atoms with van der Waals surface area (Å²) in [6.45, 7) is 1.51. The van der Waals surface area contributed by atoms with Gasteiger partial charge in [-0.15, -0.1) is 0 Å². The molecule has 0 amide bonds. The van der Waals surface area contributed by atoms with E-state index in [0.717, 1.165) is 25.1 Å². The summed E-state index contributed by atoms with van der Waals surface area (Å²) in [4.78, 5) is 2.24. The molecule has 3 rings (SSSR count). The number of fused-ring (bicyclic) bond motifs is 1. The van der Waals surface area contributed by atoms with Gasteiger partial charge in [-0.3, -0.25) is 0 Å². The molecule has 2 N–H and O–H groups in total. The first kappa shape index (κ1) is 11.8. The number of morpholine rings is 1. The lowest BCUT2D eigenvalue weighted by Gasteiger charge is -2.45. The number of rotatable bonds is 1. The molecule has 98 valence electrons. The van der Waals surface area contributed by atoms with Crippen molar-refractivity contribution in [3.8, 4) is 0 Å². The van der Waals surface area contributed by atoms with Gasteiger partial charge in [0.1, 0.15) is 5.82 Å². The van der Waals surface area contributed by atoms with Crippen LogP contribution in [0.4, 0.5) is 15.8 Å². The highest BCUT2D eigenvalue weighted by Gasteiger charge is 2.35. The van der Waals surface area contributed by atoms with E-state index in [2.05, 4.69) is 4.90 Å². The molecule has 1 saturated carbocycles. The maximum atomic E-state index is 13.6. The lowest BCUT2D eigenvalue weighted by molar-refractivity contribution is -0.00863. The van der Waals surface area contributed by atoms with Crippen molar-refractivity contribution in [1.29, 1.82) is 0 Å². The summed E-state index contributed by atoms with van der Waals surface area (Å²) in [7, 11) is 0. The van der Waals surface area contributed by atoms with E-state index in [1.807, 2.05) is 6.07 Å². The summed E-state index contributed by atoms with van der Waals surface area (Å²) in [5.74, 6) is -0.327. The topological polar surface area (TPSA) is 38.5 Å². The van der Waals surface area contributed by atoms with Crippen molar-refractivity contribution in [2.45, 2.75) is 37.8 Å². The van der Waals surface area contributed by atoms with Crippen LogP contribution in [-0.2, 0) is 4.74 Å². The molecule has 0 bridgehead atoms. The number of anilines is 2. The van der Waals surface area contributed by atoms with Gasteiger partial charge in [0.05, 0.1) is 30.1 Å². The van der Waals surface area contributed by atoms with E-state index in [-0.39, 0.29) is 17.6 Å². The van der Waals surface area contributed by atoms with E-state index in [9.17, 15) is 4.39 Å². The molecule has 1 aliphatic carbocycles. The van der Waals surface area contributed by atoms with Gasteiger partial charge in [-0.05, 0) is 25.0 Å². The Kier molecular flexibility index (Phi) is 3.12. The molecule has 3 nitrogen and oxygen atoms in total. The fraction of sp³-hybridized carbons (Fsp3) is 0.571. The molecule has 2 fully saturated rings. The van der Waals surface area contributed by atoms with Crippen LogP contribution in [0.15, 0.2) is 18.2 Å². The van der Waals surface area contributed by atoms with Gasteiger partial charge < -0.3 is 15.4 Å². The van der Waals surface area contributed by atoms with Gasteiger partial charge in [0.15, 0.2) is 0 Å². The zero-order valence-corrected chi connectivity index (χ0v) is 10.4. The summed E-state index contributed by atoms with van der Waals surface area (Å²) < 4.78 is 19.4. The Morgan fingerprint density at radius 3 is 3.00 bits per heavy atom. The minimum Gasteiger partial charge on any atom is -0.395 e. The number of hydrogen-bond acceptors (Lipinski definition) is 3. The van der Waals surface area contributed by atoms with E-state index in [4.69, 9.17) is 10.5 Å². The molecule has 2 aliphatic rings. The molecule has 0 radical (unpaired) electrons. The van der Waals surface area contributed by atoms with Crippen LogP contribution >= 0.6 is 0 Å². The fourth-order valence-corrected chi connectivity index (χ4v) is 3.17. The summed E-state index contributed by atoms with van der Waals surface area (Å²) in [6, 6.07) is 5.41. The molecule has 2 unspecified atom stereocenters. The number of nitrogens with zero attached hydrogens (tertiary/aromatic N) is 1. The van der Waals surface area contributed by atoms with Crippen LogP contribution in [0.2, 0.25) is 0 Å². The van der Waals surface area contributed by atoms with Crippen LogP contribution in [-0.4, -0.2) is 25.3 Å². The van der Waals surface area contributed by atoms with Gasteiger partial charge in [0.25, 0.3) is 0 Å². The van der Waals surface area contributed by atoms with Crippen LogP contribution in [0.1, 0.15) is 25.7 Å². The number of nitrogen functional groups attached to an aromatic ring is 1. The Balaban J connectivity index is 1.92. The van der Waals surface area contributed by atoms with Crippen molar-refractivity contribution in [3.63, 3.8) is 0 Å². The van der Waals surface area contributed by atoms with Gasteiger partial charge >= 0.3 is 0 Å². The average Bonchev–Trinajstić information content (AvgIpc) is 2.41. The van der Waals surface area contributed by atoms with Gasteiger partial charge in [-0.25, -0.2) is 4.39 Å². The van der Waals surface area contributed by atoms with Crippen LogP contribution < -0.4 is 10.6 Å². The van der Waals surface area contributed by atoms with Crippen molar-refractivity contribution in [2.75, 3.05) is 23.8 Å². The van der Waals surface area contributed by atoms with Crippen molar-refractivity contribution < 1.29 is 9.13 Å². The van der Waals surface area contributed by atoms with E-state index in [0.29, 0.717) is 12.6 Å². The molecule has 0 spiro atoms. The third kappa shape index (κ3) is 1.94. The van der Waals surface area contributed by atoms with E-state index < -0.39 is 0 Å². The number of ether oxygens (including phenoxy) is 1. The molecule has 4 heteroatoms. The monoisotopic (exact) mass is 250 g/mol. The van der Waals surface area contributed by atoms with Crippen LogP contribution in [0.25, 0.3) is 0 Å². The quantitative estimate of drug-likeness (QED) is 0.778. The predicted molar refractivity (Wildman–Crippen MR) is 70.2 cm³/mol. The zero-order valence-electron chi connectivity index (χ0n) is 10.4. The minimum absolute atomic E-state index is 0.267.